The Labute approximate surface area is 150 Å². The molecule has 8 nitrogen and oxygen atoms in total. The quantitative estimate of drug-likeness (QED) is 0.741. The van der Waals surface area contributed by atoms with Crippen LogP contribution in [0.5, 0.6) is 0 Å². The van der Waals surface area contributed by atoms with Crippen molar-refractivity contribution in [3.05, 3.63) is 54.9 Å². The molecule has 8 heteroatoms. The van der Waals surface area contributed by atoms with Gasteiger partial charge in [0.05, 0.1) is 18.6 Å². The van der Waals surface area contributed by atoms with Gasteiger partial charge >= 0.3 is 0 Å². The van der Waals surface area contributed by atoms with E-state index in [0.29, 0.717) is 11.6 Å². The highest BCUT2D eigenvalue weighted by atomic mass is 15.2. The van der Waals surface area contributed by atoms with Crippen molar-refractivity contribution in [3.63, 3.8) is 0 Å². The van der Waals surface area contributed by atoms with Gasteiger partial charge in [-0.1, -0.05) is 0 Å². The number of rotatable bonds is 4. The first-order chi connectivity index (χ1) is 12.7. The summed E-state index contributed by atoms with van der Waals surface area (Å²) < 4.78 is 1.93. The lowest BCUT2D eigenvalue weighted by Crippen LogP contribution is -2.26. The van der Waals surface area contributed by atoms with Crippen molar-refractivity contribution >= 4 is 17.3 Å². The molecule has 1 atom stereocenters. The topological polar surface area (TPSA) is 109 Å². The van der Waals surface area contributed by atoms with Crippen LogP contribution in [-0.4, -0.2) is 38.7 Å². The van der Waals surface area contributed by atoms with Gasteiger partial charge in [-0.25, -0.2) is 15.0 Å². The molecule has 3 N–H and O–H groups in total. The van der Waals surface area contributed by atoms with E-state index in [1.165, 1.54) is 18.1 Å². The highest BCUT2D eigenvalue weighted by molar-refractivity contribution is 5.54. The van der Waals surface area contributed by atoms with Crippen LogP contribution in [0.3, 0.4) is 0 Å². The van der Waals surface area contributed by atoms with Gasteiger partial charge in [0.2, 0.25) is 0 Å². The Kier molecular flexibility index (Phi) is 4.21. The Bertz CT molecular complexity index is 923. The summed E-state index contributed by atoms with van der Waals surface area (Å²) in [7, 11) is 0. The number of anilines is 3. The maximum Gasteiger partial charge on any atom is 0.158 e. The molecule has 3 aromatic rings. The third-order valence-electron chi connectivity index (χ3n) is 4.34. The number of imidazole rings is 1. The fourth-order valence-corrected chi connectivity index (χ4v) is 2.97. The van der Waals surface area contributed by atoms with Gasteiger partial charge in [-0.3, -0.25) is 0 Å². The lowest BCUT2D eigenvalue weighted by Gasteiger charge is -2.18. The smallest absolute Gasteiger partial charge is 0.158 e. The van der Waals surface area contributed by atoms with Crippen LogP contribution < -0.4 is 16.0 Å². The fraction of sp³-hybridized carbons (Fsp3) is 0.222. The summed E-state index contributed by atoms with van der Waals surface area (Å²) in [6.07, 6.45) is 7.58. The first-order valence-corrected chi connectivity index (χ1v) is 8.35. The highest BCUT2D eigenvalue weighted by Gasteiger charge is 2.19. The second-order valence-corrected chi connectivity index (χ2v) is 6.20. The van der Waals surface area contributed by atoms with Crippen molar-refractivity contribution in [1.82, 2.24) is 19.5 Å². The standard InChI is InChI=1S/C18H18N8/c19-7-14-8-22-17(9-21-14)24-18-11-26(12-23-18)16-3-1-15(2-4-16)25-6-5-13(20)10-25/h1-4,8-9,11-13H,5-6,10,20H2,(H,22,24). The molecular formula is C18H18N8. The molecule has 1 fully saturated rings. The molecule has 1 aliphatic heterocycles. The van der Waals surface area contributed by atoms with E-state index in [1.54, 1.807) is 6.33 Å². The van der Waals surface area contributed by atoms with Crippen molar-refractivity contribution in [2.75, 3.05) is 23.3 Å². The summed E-state index contributed by atoms with van der Waals surface area (Å²) in [4.78, 5) is 14.7. The molecule has 0 saturated carbocycles. The van der Waals surface area contributed by atoms with E-state index < -0.39 is 0 Å². The predicted molar refractivity (Wildman–Crippen MR) is 98.4 cm³/mol. The van der Waals surface area contributed by atoms with Gasteiger partial charge in [0.25, 0.3) is 0 Å². The van der Waals surface area contributed by atoms with E-state index in [1.807, 2.05) is 16.8 Å². The van der Waals surface area contributed by atoms with Crippen LogP contribution in [0, 0.1) is 11.3 Å². The molecule has 2 aromatic heterocycles. The minimum absolute atomic E-state index is 0.266. The number of nitrogens with one attached hydrogen (secondary N) is 1. The molecule has 0 aliphatic carbocycles. The number of nitriles is 1. The second-order valence-electron chi connectivity index (χ2n) is 6.20. The maximum absolute atomic E-state index is 8.75. The minimum Gasteiger partial charge on any atom is -0.370 e. The molecule has 1 aromatic carbocycles. The Balaban J connectivity index is 1.46. The monoisotopic (exact) mass is 346 g/mol. The highest BCUT2D eigenvalue weighted by Crippen LogP contribution is 2.22. The van der Waals surface area contributed by atoms with Gasteiger partial charge in [-0.05, 0) is 30.7 Å². The molecule has 4 rings (SSSR count). The Morgan fingerprint density at radius 2 is 1.88 bits per heavy atom. The van der Waals surface area contributed by atoms with Crippen LogP contribution >= 0.6 is 0 Å². The van der Waals surface area contributed by atoms with Crippen LogP contribution in [0.2, 0.25) is 0 Å². The van der Waals surface area contributed by atoms with E-state index >= 15 is 0 Å². The van der Waals surface area contributed by atoms with Crippen LogP contribution in [-0.2, 0) is 0 Å². The van der Waals surface area contributed by atoms with Crippen molar-refractivity contribution in [2.24, 2.45) is 5.73 Å². The molecule has 1 saturated heterocycles. The largest absolute Gasteiger partial charge is 0.370 e. The Hall–Kier alpha value is -3.44. The summed E-state index contributed by atoms with van der Waals surface area (Å²) in [6.45, 7) is 1.91. The fourth-order valence-electron chi connectivity index (χ4n) is 2.97. The van der Waals surface area contributed by atoms with Gasteiger partial charge in [0.15, 0.2) is 5.69 Å². The molecule has 0 amide bonds. The molecule has 1 unspecified atom stereocenters. The molecule has 0 bridgehead atoms. The van der Waals surface area contributed by atoms with Gasteiger partial charge in [0, 0.05) is 30.5 Å². The SMILES string of the molecule is N#Cc1cnc(Nc2cn(-c3ccc(N4CCC(N)C4)cc3)cn2)cn1. The van der Waals surface area contributed by atoms with E-state index in [2.05, 4.69) is 49.4 Å². The average Bonchev–Trinajstić information content (AvgIpc) is 3.32. The Morgan fingerprint density at radius 3 is 2.54 bits per heavy atom. The minimum atomic E-state index is 0.266. The number of hydrogen-bond acceptors (Lipinski definition) is 7. The third kappa shape index (κ3) is 3.34. The zero-order chi connectivity index (χ0) is 17.9. The summed E-state index contributed by atoms with van der Waals surface area (Å²) in [5, 5.41) is 11.8. The number of aromatic nitrogens is 4. The van der Waals surface area contributed by atoms with Crippen LogP contribution in [0.25, 0.3) is 5.69 Å². The second kappa shape index (κ2) is 6.82. The van der Waals surface area contributed by atoms with Gasteiger partial charge < -0.3 is 20.5 Å². The molecule has 0 spiro atoms. The lowest BCUT2D eigenvalue weighted by atomic mass is 10.2. The number of nitrogens with two attached hydrogens (primary N) is 1. The van der Waals surface area contributed by atoms with Crippen LogP contribution in [0.15, 0.2) is 49.2 Å². The molecule has 0 radical (unpaired) electrons. The summed E-state index contributed by atoms with van der Waals surface area (Å²) in [5.41, 5.74) is 8.46. The van der Waals surface area contributed by atoms with Crippen molar-refractivity contribution < 1.29 is 0 Å². The molecule has 1 aliphatic rings. The maximum atomic E-state index is 8.75. The number of hydrogen-bond donors (Lipinski definition) is 2. The third-order valence-corrected chi connectivity index (χ3v) is 4.34. The lowest BCUT2D eigenvalue weighted by molar-refractivity contribution is 0.752. The van der Waals surface area contributed by atoms with Gasteiger partial charge in [-0.15, -0.1) is 0 Å². The Morgan fingerprint density at radius 1 is 1.08 bits per heavy atom. The summed E-state index contributed by atoms with van der Waals surface area (Å²) in [6, 6.07) is 10.5. The normalized spacial score (nSPS) is 16.5. The van der Waals surface area contributed by atoms with E-state index in [-0.39, 0.29) is 11.7 Å². The van der Waals surface area contributed by atoms with E-state index in [0.717, 1.165) is 25.2 Å². The van der Waals surface area contributed by atoms with Crippen molar-refractivity contribution in [2.45, 2.75) is 12.5 Å². The van der Waals surface area contributed by atoms with Gasteiger partial charge in [0.1, 0.15) is 24.0 Å². The van der Waals surface area contributed by atoms with Crippen LogP contribution in [0.4, 0.5) is 17.3 Å². The van der Waals surface area contributed by atoms with Crippen molar-refractivity contribution in [1.29, 1.82) is 5.26 Å². The van der Waals surface area contributed by atoms with E-state index in [4.69, 9.17) is 11.0 Å². The molecule has 3 heterocycles. The number of nitrogens with zero attached hydrogens (tertiary/aromatic N) is 6. The predicted octanol–water partition coefficient (Wildman–Crippen LogP) is 1.81. The molecular weight excluding hydrogens is 328 g/mol. The summed E-state index contributed by atoms with van der Waals surface area (Å²) in [5.74, 6) is 1.19. The first kappa shape index (κ1) is 16.1. The van der Waals surface area contributed by atoms with Crippen LogP contribution in [0.1, 0.15) is 12.1 Å². The number of benzene rings is 1. The first-order valence-electron chi connectivity index (χ1n) is 8.35. The molecule has 26 heavy (non-hydrogen) atoms. The average molecular weight is 346 g/mol. The molecule has 130 valence electrons. The van der Waals surface area contributed by atoms with Crippen molar-refractivity contribution in [3.8, 4) is 11.8 Å². The zero-order valence-electron chi connectivity index (χ0n) is 14.1. The van der Waals surface area contributed by atoms with Gasteiger partial charge in [-0.2, -0.15) is 5.26 Å². The summed E-state index contributed by atoms with van der Waals surface area (Å²) >= 11 is 0. The zero-order valence-corrected chi connectivity index (χ0v) is 14.1. The van der Waals surface area contributed by atoms with E-state index in [9.17, 15) is 0 Å².